The van der Waals surface area contributed by atoms with Crippen LogP contribution in [-0.4, -0.2) is 24.5 Å². The second-order valence-electron chi connectivity index (χ2n) is 5.47. The van der Waals surface area contributed by atoms with Gasteiger partial charge < -0.3 is 10.1 Å². The number of ether oxygens (including phenoxy) is 1. The maximum Gasteiger partial charge on any atom is 0.338 e. The van der Waals surface area contributed by atoms with Gasteiger partial charge in [0.25, 0.3) is 5.69 Å². The summed E-state index contributed by atoms with van der Waals surface area (Å²) < 4.78 is 4.80. The van der Waals surface area contributed by atoms with Crippen LogP contribution in [0.3, 0.4) is 0 Å². The lowest BCUT2D eigenvalue weighted by Gasteiger charge is -2.28. The average molecular weight is 347 g/mol. The van der Waals surface area contributed by atoms with Gasteiger partial charge in [0, 0.05) is 17.6 Å². The highest BCUT2D eigenvalue weighted by Gasteiger charge is 2.33. The average Bonchev–Trinajstić information content (AvgIpc) is 2.59. The van der Waals surface area contributed by atoms with Gasteiger partial charge in [0.05, 0.1) is 29.2 Å². The van der Waals surface area contributed by atoms with Crippen LogP contribution in [0.1, 0.15) is 33.1 Å². The molecule has 1 aliphatic rings. The fraction of sp³-hybridized carbons (Fsp3) is 0.235. The zero-order chi connectivity index (χ0) is 17.3. The highest BCUT2D eigenvalue weighted by atomic mass is 35.5. The molecule has 0 saturated heterocycles. The Bertz CT molecular complexity index is 822. The summed E-state index contributed by atoms with van der Waals surface area (Å²) >= 11 is 5.97. The number of nitro groups is 1. The quantitative estimate of drug-likeness (QED) is 0.524. The van der Waals surface area contributed by atoms with Gasteiger partial charge in [-0.3, -0.25) is 10.1 Å². The standard InChI is InChI=1S/C17H15ClN2O4/c1-24-17(21)13-8-11(18)9-14(20(22)23)15(13)16-12-5-3-2-4-10(12)6-7-19-16/h2-5,8-9,16,19H,6-7H2,1H3. The Morgan fingerprint density at radius 3 is 2.83 bits per heavy atom. The van der Waals surface area contributed by atoms with Gasteiger partial charge in [-0.05, 0) is 23.6 Å². The predicted octanol–water partition coefficient (Wildman–Crippen LogP) is 3.27. The predicted molar refractivity (Wildman–Crippen MR) is 89.4 cm³/mol. The van der Waals surface area contributed by atoms with Gasteiger partial charge in [-0.2, -0.15) is 0 Å². The van der Waals surface area contributed by atoms with Crippen molar-refractivity contribution < 1.29 is 14.5 Å². The molecule has 1 aliphatic heterocycles. The second-order valence-corrected chi connectivity index (χ2v) is 5.91. The van der Waals surface area contributed by atoms with Crippen LogP contribution >= 0.6 is 11.6 Å². The number of hydrogen-bond acceptors (Lipinski definition) is 5. The number of methoxy groups -OCH3 is 1. The number of benzene rings is 2. The van der Waals surface area contributed by atoms with Crippen LogP contribution in [0.5, 0.6) is 0 Å². The van der Waals surface area contributed by atoms with Crippen molar-refractivity contribution >= 4 is 23.3 Å². The van der Waals surface area contributed by atoms with Gasteiger partial charge in [-0.1, -0.05) is 35.9 Å². The molecule has 0 bridgehead atoms. The summed E-state index contributed by atoms with van der Waals surface area (Å²) in [6, 6.07) is 9.91. The first-order valence-corrected chi connectivity index (χ1v) is 7.78. The number of nitro benzene ring substituents is 1. The van der Waals surface area contributed by atoms with E-state index < -0.39 is 16.9 Å². The number of fused-ring (bicyclic) bond motifs is 1. The van der Waals surface area contributed by atoms with Crippen molar-refractivity contribution in [1.29, 1.82) is 0 Å². The van der Waals surface area contributed by atoms with Crippen molar-refractivity contribution in [2.24, 2.45) is 0 Å². The molecule has 1 unspecified atom stereocenters. The lowest BCUT2D eigenvalue weighted by Crippen LogP contribution is -2.32. The van der Waals surface area contributed by atoms with E-state index in [1.165, 1.54) is 19.2 Å². The van der Waals surface area contributed by atoms with Crippen LogP contribution in [0, 0.1) is 10.1 Å². The summed E-state index contributed by atoms with van der Waals surface area (Å²) in [5, 5.41) is 14.9. The molecule has 0 fully saturated rings. The normalized spacial score (nSPS) is 16.3. The molecular formula is C17H15ClN2O4. The maximum absolute atomic E-state index is 12.2. The van der Waals surface area contributed by atoms with Crippen molar-refractivity contribution in [3.05, 3.63) is 73.8 Å². The number of nitrogens with zero attached hydrogens (tertiary/aromatic N) is 1. The van der Waals surface area contributed by atoms with E-state index in [4.69, 9.17) is 16.3 Å². The Labute approximate surface area is 143 Å². The summed E-state index contributed by atoms with van der Waals surface area (Å²) in [4.78, 5) is 23.2. The molecule has 24 heavy (non-hydrogen) atoms. The maximum atomic E-state index is 12.2. The summed E-state index contributed by atoms with van der Waals surface area (Å²) in [5.74, 6) is -0.652. The number of nitrogens with one attached hydrogen (secondary N) is 1. The zero-order valence-electron chi connectivity index (χ0n) is 12.9. The van der Waals surface area contributed by atoms with Crippen molar-refractivity contribution in [2.75, 3.05) is 13.7 Å². The van der Waals surface area contributed by atoms with E-state index in [2.05, 4.69) is 5.32 Å². The van der Waals surface area contributed by atoms with Gasteiger partial charge >= 0.3 is 5.97 Å². The molecule has 3 rings (SSSR count). The largest absolute Gasteiger partial charge is 0.465 e. The summed E-state index contributed by atoms with van der Waals surface area (Å²) in [7, 11) is 1.24. The number of halogens is 1. The molecule has 0 aliphatic carbocycles. The highest BCUT2D eigenvalue weighted by Crippen LogP contribution is 2.38. The van der Waals surface area contributed by atoms with E-state index in [1.807, 2.05) is 24.3 Å². The minimum absolute atomic E-state index is 0.103. The molecule has 1 atom stereocenters. The van der Waals surface area contributed by atoms with Crippen molar-refractivity contribution in [3.8, 4) is 0 Å². The second kappa shape index (κ2) is 6.59. The Balaban J connectivity index is 2.27. The zero-order valence-corrected chi connectivity index (χ0v) is 13.7. The molecular weight excluding hydrogens is 332 g/mol. The topological polar surface area (TPSA) is 81.5 Å². The minimum atomic E-state index is -0.652. The van der Waals surface area contributed by atoms with E-state index in [0.29, 0.717) is 6.54 Å². The molecule has 6 nitrogen and oxygen atoms in total. The van der Waals surface area contributed by atoms with Crippen molar-refractivity contribution in [2.45, 2.75) is 12.5 Å². The molecule has 7 heteroatoms. The molecule has 1 heterocycles. The number of rotatable bonds is 3. The molecule has 0 amide bonds. The third-order valence-corrected chi connectivity index (χ3v) is 4.34. The third-order valence-electron chi connectivity index (χ3n) is 4.12. The molecule has 2 aromatic rings. The molecule has 0 saturated carbocycles. The van der Waals surface area contributed by atoms with E-state index in [9.17, 15) is 14.9 Å². The molecule has 2 aromatic carbocycles. The lowest BCUT2D eigenvalue weighted by molar-refractivity contribution is -0.385. The summed E-state index contributed by atoms with van der Waals surface area (Å²) in [6.45, 7) is 0.655. The Morgan fingerprint density at radius 1 is 1.38 bits per heavy atom. The van der Waals surface area contributed by atoms with Crippen LogP contribution in [-0.2, 0) is 11.2 Å². The Kier molecular flexibility index (Phi) is 4.51. The van der Waals surface area contributed by atoms with Crippen LogP contribution in [0.15, 0.2) is 36.4 Å². The number of carbonyl (C=O) groups excluding carboxylic acids is 1. The van der Waals surface area contributed by atoms with Crippen molar-refractivity contribution in [3.63, 3.8) is 0 Å². The van der Waals surface area contributed by atoms with E-state index in [0.717, 1.165) is 17.5 Å². The van der Waals surface area contributed by atoms with E-state index in [-0.39, 0.29) is 21.8 Å². The molecule has 0 aromatic heterocycles. The number of hydrogen-bond donors (Lipinski definition) is 1. The van der Waals surface area contributed by atoms with E-state index in [1.54, 1.807) is 0 Å². The van der Waals surface area contributed by atoms with Gasteiger partial charge in [-0.15, -0.1) is 0 Å². The van der Waals surface area contributed by atoms with Crippen molar-refractivity contribution in [1.82, 2.24) is 5.32 Å². The molecule has 0 spiro atoms. The SMILES string of the molecule is COC(=O)c1cc(Cl)cc([N+](=O)[O-])c1C1NCCc2ccccc21. The smallest absolute Gasteiger partial charge is 0.338 e. The van der Waals surface area contributed by atoms with Crippen LogP contribution in [0.2, 0.25) is 5.02 Å². The first-order chi connectivity index (χ1) is 11.5. The molecule has 0 radical (unpaired) electrons. The Morgan fingerprint density at radius 2 is 2.12 bits per heavy atom. The summed E-state index contributed by atoms with van der Waals surface area (Å²) in [5.41, 5.74) is 2.20. The summed E-state index contributed by atoms with van der Waals surface area (Å²) in [6.07, 6.45) is 0.821. The van der Waals surface area contributed by atoms with Crippen LogP contribution in [0.4, 0.5) is 5.69 Å². The van der Waals surface area contributed by atoms with Gasteiger partial charge in [0.1, 0.15) is 0 Å². The van der Waals surface area contributed by atoms with E-state index >= 15 is 0 Å². The lowest BCUT2D eigenvalue weighted by atomic mass is 9.87. The molecule has 1 N–H and O–H groups in total. The molecule has 124 valence electrons. The van der Waals surface area contributed by atoms with Gasteiger partial charge in [0.2, 0.25) is 0 Å². The highest BCUT2D eigenvalue weighted by molar-refractivity contribution is 6.31. The van der Waals surface area contributed by atoms with Crippen LogP contribution < -0.4 is 5.32 Å². The Hall–Kier alpha value is -2.44. The third kappa shape index (κ3) is 2.86. The van der Waals surface area contributed by atoms with Crippen LogP contribution in [0.25, 0.3) is 0 Å². The fourth-order valence-corrected chi connectivity index (χ4v) is 3.31. The fourth-order valence-electron chi connectivity index (χ4n) is 3.10. The minimum Gasteiger partial charge on any atom is -0.465 e. The number of carbonyl (C=O) groups is 1. The first kappa shape index (κ1) is 16.4. The monoisotopic (exact) mass is 346 g/mol. The first-order valence-electron chi connectivity index (χ1n) is 7.40. The van der Waals surface area contributed by atoms with Gasteiger partial charge in [-0.25, -0.2) is 4.79 Å². The van der Waals surface area contributed by atoms with Gasteiger partial charge in [0.15, 0.2) is 0 Å². The number of esters is 1.